The van der Waals surface area contributed by atoms with E-state index in [0.29, 0.717) is 31.1 Å². The van der Waals surface area contributed by atoms with Gasteiger partial charge < -0.3 is 9.80 Å². The molecule has 0 unspecified atom stereocenters. The van der Waals surface area contributed by atoms with Crippen LogP contribution in [0.25, 0.3) is 0 Å². The van der Waals surface area contributed by atoms with Crippen LogP contribution in [0.5, 0.6) is 0 Å². The second-order valence-corrected chi connectivity index (χ2v) is 10.1. The Balaban J connectivity index is 1.51. The molecule has 0 aromatic heterocycles. The summed E-state index contributed by atoms with van der Waals surface area (Å²) in [6, 6.07) is 5.41. The lowest BCUT2D eigenvalue weighted by molar-refractivity contribution is -0.137. The minimum absolute atomic E-state index is 0.00647. The Kier molecular flexibility index (Phi) is 6.98. The summed E-state index contributed by atoms with van der Waals surface area (Å²) in [6.45, 7) is 10.2. The fraction of sp³-hybridized carbons (Fsp3) is 0.545. The lowest BCUT2D eigenvalue weighted by Crippen LogP contribution is -2.50. The van der Waals surface area contributed by atoms with Crippen LogP contribution in [0.1, 0.15) is 36.8 Å². The summed E-state index contributed by atoms with van der Waals surface area (Å²) < 4.78 is 27.5. The van der Waals surface area contributed by atoms with Gasteiger partial charge in [0.05, 0.1) is 4.90 Å². The molecule has 2 heterocycles. The minimum Gasteiger partial charge on any atom is -0.342 e. The molecule has 0 atom stereocenters. The number of rotatable bonds is 5. The highest BCUT2D eigenvalue weighted by atomic mass is 32.2. The standard InChI is InChI=1S/C22H31N3O4S/c1-17-8-10-23(11-9-17)21(26)6-7-22(27)24-12-14-25(15-13-24)30(28,29)20-16-18(2)4-5-19(20)3/h4-5,16H,1,6-15H2,2-3H3. The zero-order valence-electron chi connectivity index (χ0n) is 17.9. The molecule has 164 valence electrons. The van der Waals surface area contributed by atoms with Crippen molar-refractivity contribution >= 4 is 21.8 Å². The first-order valence-corrected chi connectivity index (χ1v) is 11.9. The number of hydrogen-bond acceptors (Lipinski definition) is 4. The third-order valence-electron chi connectivity index (χ3n) is 5.93. The van der Waals surface area contributed by atoms with Crippen molar-refractivity contribution in [3.05, 3.63) is 41.5 Å². The topological polar surface area (TPSA) is 78.0 Å². The Labute approximate surface area is 179 Å². The van der Waals surface area contributed by atoms with E-state index in [1.165, 1.54) is 9.88 Å². The molecule has 8 heteroatoms. The molecule has 1 aromatic rings. The third kappa shape index (κ3) is 5.10. The predicted molar refractivity (Wildman–Crippen MR) is 115 cm³/mol. The number of benzene rings is 1. The maximum atomic E-state index is 13.0. The van der Waals surface area contributed by atoms with E-state index in [0.717, 1.165) is 24.0 Å². The summed E-state index contributed by atoms with van der Waals surface area (Å²) in [5, 5.41) is 0. The van der Waals surface area contributed by atoms with Gasteiger partial charge in [-0.25, -0.2) is 8.42 Å². The Bertz CT molecular complexity index is 924. The van der Waals surface area contributed by atoms with Gasteiger partial charge in [0.25, 0.3) is 0 Å². The van der Waals surface area contributed by atoms with Gasteiger partial charge in [-0.1, -0.05) is 24.3 Å². The fourth-order valence-electron chi connectivity index (χ4n) is 3.90. The molecule has 0 aliphatic carbocycles. The van der Waals surface area contributed by atoms with Crippen LogP contribution in [-0.2, 0) is 19.6 Å². The monoisotopic (exact) mass is 433 g/mol. The molecule has 2 fully saturated rings. The number of carbonyl (C=O) groups is 2. The second-order valence-electron chi connectivity index (χ2n) is 8.18. The van der Waals surface area contributed by atoms with Gasteiger partial charge in [-0.05, 0) is 43.9 Å². The highest BCUT2D eigenvalue weighted by Crippen LogP contribution is 2.23. The van der Waals surface area contributed by atoms with Gasteiger partial charge in [-0.2, -0.15) is 4.31 Å². The van der Waals surface area contributed by atoms with E-state index < -0.39 is 10.0 Å². The van der Waals surface area contributed by atoms with Crippen LogP contribution in [0.15, 0.2) is 35.2 Å². The van der Waals surface area contributed by atoms with E-state index in [-0.39, 0.29) is 37.7 Å². The van der Waals surface area contributed by atoms with E-state index in [9.17, 15) is 18.0 Å². The lowest BCUT2D eigenvalue weighted by Gasteiger charge is -2.34. The maximum absolute atomic E-state index is 13.0. The highest BCUT2D eigenvalue weighted by Gasteiger charge is 2.31. The van der Waals surface area contributed by atoms with Gasteiger partial charge in [0, 0.05) is 52.1 Å². The van der Waals surface area contributed by atoms with E-state index in [2.05, 4.69) is 6.58 Å². The molecule has 0 spiro atoms. The maximum Gasteiger partial charge on any atom is 0.243 e. The molecule has 2 saturated heterocycles. The molecule has 0 radical (unpaired) electrons. The first-order chi connectivity index (χ1) is 14.2. The Morgan fingerprint density at radius 2 is 1.43 bits per heavy atom. The van der Waals surface area contributed by atoms with E-state index in [4.69, 9.17) is 0 Å². The molecular weight excluding hydrogens is 402 g/mol. The van der Waals surface area contributed by atoms with Crippen molar-refractivity contribution in [1.82, 2.24) is 14.1 Å². The van der Waals surface area contributed by atoms with Crippen LogP contribution in [-0.4, -0.2) is 73.6 Å². The van der Waals surface area contributed by atoms with Gasteiger partial charge in [-0.3, -0.25) is 9.59 Å². The van der Waals surface area contributed by atoms with Crippen LogP contribution >= 0.6 is 0 Å². The predicted octanol–water partition coefficient (Wildman–Crippen LogP) is 2.10. The summed E-state index contributed by atoms with van der Waals surface area (Å²) in [5.74, 6) is -0.0828. The van der Waals surface area contributed by atoms with Gasteiger partial charge in [0.2, 0.25) is 21.8 Å². The highest BCUT2D eigenvalue weighted by molar-refractivity contribution is 7.89. The fourth-order valence-corrected chi connectivity index (χ4v) is 5.64. The van der Waals surface area contributed by atoms with Crippen LogP contribution in [0, 0.1) is 13.8 Å². The zero-order valence-corrected chi connectivity index (χ0v) is 18.7. The van der Waals surface area contributed by atoms with Crippen LogP contribution in [0.2, 0.25) is 0 Å². The molecule has 0 saturated carbocycles. The van der Waals surface area contributed by atoms with Crippen molar-refractivity contribution < 1.29 is 18.0 Å². The molecular formula is C22H31N3O4S. The van der Waals surface area contributed by atoms with Crippen LogP contribution < -0.4 is 0 Å². The Morgan fingerprint density at radius 3 is 2.00 bits per heavy atom. The molecule has 2 aliphatic heterocycles. The average molecular weight is 434 g/mol. The molecule has 3 rings (SSSR count). The first kappa shape index (κ1) is 22.5. The molecule has 1 aromatic carbocycles. The molecule has 0 N–H and O–H groups in total. The second kappa shape index (κ2) is 9.31. The average Bonchev–Trinajstić information content (AvgIpc) is 2.74. The SMILES string of the molecule is C=C1CCN(C(=O)CCC(=O)N2CCN(S(=O)(=O)c3cc(C)ccc3C)CC2)CC1. The largest absolute Gasteiger partial charge is 0.342 e. The summed E-state index contributed by atoms with van der Waals surface area (Å²) in [6.07, 6.45) is 2.03. The van der Waals surface area contributed by atoms with Crippen molar-refractivity contribution in [2.24, 2.45) is 0 Å². The van der Waals surface area contributed by atoms with Gasteiger partial charge in [0.15, 0.2) is 0 Å². The van der Waals surface area contributed by atoms with Crippen molar-refractivity contribution in [3.8, 4) is 0 Å². The number of likely N-dealkylation sites (tertiary alicyclic amines) is 1. The summed E-state index contributed by atoms with van der Waals surface area (Å²) in [4.78, 5) is 28.7. The van der Waals surface area contributed by atoms with E-state index >= 15 is 0 Å². The molecule has 2 amide bonds. The Hall–Kier alpha value is -2.19. The van der Waals surface area contributed by atoms with Gasteiger partial charge in [-0.15, -0.1) is 0 Å². The van der Waals surface area contributed by atoms with Crippen molar-refractivity contribution in [2.45, 2.75) is 44.4 Å². The molecule has 7 nitrogen and oxygen atoms in total. The molecule has 30 heavy (non-hydrogen) atoms. The zero-order chi connectivity index (χ0) is 21.9. The lowest BCUT2D eigenvalue weighted by atomic mass is 10.1. The number of hydrogen-bond donors (Lipinski definition) is 0. The normalized spacial score (nSPS) is 18.5. The number of amides is 2. The Morgan fingerprint density at radius 1 is 0.900 bits per heavy atom. The van der Waals surface area contributed by atoms with E-state index in [1.54, 1.807) is 22.8 Å². The summed E-state index contributed by atoms with van der Waals surface area (Å²) in [5.41, 5.74) is 2.79. The van der Waals surface area contributed by atoms with Crippen LogP contribution in [0.3, 0.4) is 0 Å². The first-order valence-electron chi connectivity index (χ1n) is 10.5. The minimum atomic E-state index is -3.58. The number of piperidine rings is 1. The smallest absolute Gasteiger partial charge is 0.243 e. The van der Waals surface area contributed by atoms with Gasteiger partial charge in [0.1, 0.15) is 0 Å². The van der Waals surface area contributed by atoms with Crippen molar-refractivity contribution in [2.75, 3.05) is 39.3 Å². The van der Waals surface area contributed by atoms with Crippen molar-refractivity contribution in [3.63, 3.8) is 0 Å². The summed E-state index contributed by atoms with van der Waals surface area (Å²) >= 11 is 0. The quantitative estimate of drug-likeness (QED) is 0.666. The third-order valence-corrected chi connectivity index (χ3v) is 7.97. The number of aryl methyl sites for hydroxylation is 2. The van der Waals surface area contributed by atoms with E-state index in [1.807, 2.05) is 19.1 Å². The number of sulfonamides is 1. The summed E-state index contributed by atoms with van der Waals surface area (Å²) in [7, 11) is -3.58. The number of carbonyl (C=O) groups excluding carboxylic acids is 2. The number of piperazine rings is 1. The van der Waals surface area contributed by atoms with Gasteiger partial charge >= 0.3 is 0 Å². The van der Waals surface area contributed by atoms with Crippen LogP contribution in [0.4, 0.5) is 0 Å². The number of nitrogens with zero attached hydrogens (tertiary/aromatic N) is 3. The molecule has 0 bridgehead atoms. The van der Waals surface area contributed by atoms with Crippen molar-refractivity contribution in [1.29, 1.82) is 0 Å². The molecule has 2 aliphatic rings.